The van der Waals surface area contributed by atoms with E-state index >= 15 is 0 Å². The summed E-state index contributed by atoms with van der Waals surface area (Å²) in [7, 11) is -9.46. The van der Waals surface area contributed by atoms with Crippen LogP contribution in [0.3, 0.4) is 0 Å². The number of nitrogens with zero attached hydrogens (tertiary/aromatic N) is 2. The normalized spacial score (nSPS) is 23.6. The molecule has 1 saturated heterocycles. The second-order valence-corrected chi connectivity index (χ2v) is 12.6. The molecule has 0 saturated carbocycles. The average Bonchev–Trinajstić information content (AvgIpc) is 3.13. The molecule has 6 N–H and O–H groups in total. The molecule has 37 heavy (non-hydrogen) atoms. The van der Waals surface area contributed by atoms with Crippen molar-refractivity contribution in [2.45, 2.75) is 31.0 Å². The molecule has 0 aliphatic carbocycles. The molecule has 1 aliphatic heterocycles. The highest BCUT2D eigenvalue weighted by atomic mass is 31.2. The Bertz CT molecular complexity index is 1370. The lowest BCUT2D eigenvalue weighted by atomic mass is 10.0. The first kappa shape index (κ1) is 27.5. The van der Waals surface area contributed by atoms with Gasteiger partial charge in [-0.15, -0.1) is 0 Å². The van der Waals surface area contributed by atoms with E-state index in [0.717, 1.165) is 5.56 Å². The zero-order valence-electron chi connectivity index (χ0n) is 19.5. The number of anilines is 1. The second-order valence-electron chi connectivity index (χ2n) is 8.57. The molecule has 4 rings (SSSR count). The fourth-order valence-electron chi connectivity index (χ4n) is 3.97. The zero-order chi connectivity index (χ0) is 26.8. The van der Waals surface area contributed by atoms with Crippen LogP contribution in [0, 0.1) is 0 Å². The molecule has 198 valence electrons. The van der Waals surface area contributed by atoms with Crippen LogP contribution in [0.15, 0.2) is 55.1 Å². The smallest absolute Gasteiger partial charge is 0.340 e. The van der Waals surface area contributed by atoms with Gasteiger partial charge in [-0.25, -0.2) is 9.97 Å². The highest BCUT2D eigenvalue weighted by Gasteiger charge is 2.45. The van der Waals surface area contributed by atoms with Crippen molar-refractivity contribution in [2.75, 3.05) is 17.8 Å². The zero-order valence-corrected chi connectivity index (χ0v) is 21.3. The van der Waals surface area contributed by atoms with E-state index in [9.17, 15) is 24.2 Å². The van der Waals surface area contributed by atoms with Crippen molar-refractivity contribution in [2.24, 2.45) is 0 Å². The predicted molar refractivity (Wildman–Crippen MR) is 136 cm³/mol. The third-order valence-corrected chi connectivity index (χ3v) is 9.17. The summed E-state index contributed by atoms with van der Waals surface area (Å²) in [5.74, 6) is -0.410. The molecule has 0 bridgehead atoms. The van der Waals surface area contributed by atoms with Crippen LogP contribution in [0.2, 0.25) is 0 Å². The van der Waals surface area contributed by atoms with E-state index in [2.05, 4.69) is 21.9 Å². The van der Waals surface area contributed by atoms with E-state index in [0.29, 0.717) is 34.7 Å². The van der Waals surface area contributed by atoms with Crippen molar-refractivity contribution in [3.8, 4) is 0 Å². The van der Waals surface area contributed by atoms with Gasteiger partial charge in [0.05, 0.1) is 12.1 Å². The summed E-state index contributed by atoms with van der Waals surface area (Å²) in [6.45, 7) is 3.60. The molecule has 1 unspecified atom stereocenters. The molecule has 12 nitrogen and oxygen atoms in total. The summed E-state index contributed by atoms with van der Waals surface area (Å²) in [6, 6.07) is 14.9. The maximum Gasteiger partial charge on any atom is 0.340 e. The molecule has 0 radical (unpaired) electrons. The largest absolute Gasteiger partial charge is 0.387 e. The van der Waals surface area contributed by atoms with E-state index in [1.807, 2.05) is 30.3 Å². The number of nitrogens with one attached hydrogen (secondary N) is 1. The molecule has 0 amide bonds. The Labute approximate surface area is 212 Å². The van der Waals surface area contributed by atoms with Gasteiger partial charge >= 0.3 is 15.2 Å². The van der Waals surface area contributed by atoms with Crippen LogP contribution in [-0.4, -0.2) is 65.7 Å². The topological polar surface area (TPSA) is 192 Å². The maximum atomic E-state index is 11.9. The Balaban J connectivity index is 1.53. The van der Waals surface area contributed by atoms with Crippen LogP contribution < -0.4 is 5.32 Å². The number of hydrogen-bond donors (Lipinski definition) is 6. The van der Waals surface area contributed by atoms with Crippen LogP contribution in [0.1, 0.15) is 23.1 Å². The lowest BCUT2D eigenvalue weighted by molar-refractivity contribution is -0.0186. The Morgan fingerprint density at radius 1 is 1.05 bits per heavy atom. The molecule has 1 aliphatic rings. The van der Waals surface area contributed by atoms with Gasteiger partial charge < -0.3 is 39.5 Å². The van der Waals surface area contributed by atoms with Gasteiger partial charge in [0.15, 0.2) is 11.7 Å². The van der Waals surface area contributed by atoms with E-state index in [1.54, 1.807) is 18.2 Å². The summed E-state index contributed by atoms with van der Waals surface area (Å²) in [4.78, 5) is 36.5. The fourth-order valence-corrected chi connectivity index (χ4v) is 6.54. The van der Waals surface area contributed by atoms with Gasteiger partial charge in [0.25, 0.3) is 0 Å². The first-order valence-electron chi connectivity index (χ1n) is 11.2. The number of aliphatic hydroxyl groups excluding tert-OH is 2. The molecule has 14 heteroatoms. The van der Waals surface area contributed by atoms with Gasteiger partial charge in [-0.2, -0.15) is 0 Å². The summed E-state index contributed by atoms with van der Waals surface area (Å²) in [5, 5.41) is 25.0. The Kier molecular flexibility index (Phi) is 8.25. The van der Waals surface area contributed by atoms with Gasteiger partial charge in [-0.05, 0) is 29.3 Å². The monoisotopic (exact) mass is 551 g/mol. The SMILES string of the molecule is C=Cc1nc(NCc2ccccc2)c2ccc([C@@H]3O[C@H](COP(=O)(O)CP(=O)(O)O)[C@@H](O)[C@H]3O)cc2n1. The molecule has 2 heterocycles. The van der Waals surface area contributed by atoms with E-state index in [4.69, 9.17) is 19.0 Å². The quantitative estimate of drug-likeness (QED) is 0.202. The van der Waals surface area contributed by atoms with Crippen LogP contribution in [-0.2, 0) is 24.9 Å². The van der Waals surface area contributed by atoms with Crippen molar-refractivity contribution in [1.82, 2.24) is 9.97 Å². The van der Waals surface area contributed by atoms with Crippen molar-refractivity contribution >= 4 is 38.0 Å². The van der Waals surface area contributed by atoms with Gasteiger partial charge in [0.2, 0.25) is 0 Å². The summed E-state index contributed by atoms with van der Waals surface area (Å²) in [5.41, 5.74) is 2.07. The van der Waals surface area contributed by atoms with Gasteiger partial charge in [0.1, 0.15) is 30.2 Å². The maximum absolute atomic E-state index is 11.9. The molecule has 3 aromatic rings. The molecule has 2 aromatic carbocycles. The van der Waals surface area contributed by atoms with Crippen LogP contribution in [0.4, 0.5) is 5.82 Å². The highest BCUT2D eigenvalue weighted by Crippen LogP contribution is 2.55. The third kappa shape index (κ3) is 6.88. The molecule has 0 spiro atoms. The minimum absolute atomic E-state index is 0.378. The number of rotatable bonds is 10. The fraction of sp³-hybridized carbons (Fsp3) is 0.304. The third-order valence-electron chi connectivity index (χ3n) is 5.72. The molecule has 1 fully saturated rings. The molecule has 1 aromatic heterocycles. The summed E-state index contributed by atoms with van der Waals surface area (Å²) in [6.07, 6.45) is -3.61. The summed E-state index contributed by atoms with van der Waals surface area (Å²) < 4.78 is 33.4. The number of ether oxygens (including phenoxy) is 1. The van der Waals surface area contributed by atoms with Crippen LogP contribution in [0.5, 0.6) is 0 Å². The standard InChI is InChI=1S/C23H27N3O9P2/c1-2-19-25-17-10-15(8-9-16(17)23(26-19)24-11-14-6-4-3-5-7-14)22-21(28)20(27)18(35-22)12-34-37(32,33)13-36(29,30)31/h2-10,18,20-22,27-28H,1,11-13H2,(H,32,33)(H,24,25,26)(H2,29,30,31)/t18-,20-,21-,22+/m1/s1. The van der Waals surface area contributed by atoms with Gasteiger partial charge in [-0.1, -0.05) is 43.0 Å². The first-order chi connectivity index (χ1) is 17.5. The number of aromatic nitrogens is 2. The Hall–Kier alpha value is -2.50. The lowest BCUT2D eigenvalue weighted by Gasteiger charge is -2.18. The minimum atomic E-state index is -4.81. The number of aliphatic hydroxyl groups is 2. The second kappa shape index (κ2) is 11.1. The minimum Gasteiger partial charge on any atom is -0.387 e. The summed E-state index contributed by atoms with van der Waals surface area (Å²) >= 11 is 0. The van der Waals surface area contributed by atoms with E-state index in [-0.39, 0.29) is 0 Å². The average molecular weight is 551 g/mol. The van der Waals surface area contributed by atoms with Crippen molar-refractivity contribution in [3.63, 3.8) is 0 Å². The van der Waals surface area contributed by atoms with Crippen molar-refractivity contribution in [1.29, 1.82) is 0 Å². The first-order valence-corrected chi connectivity index (χ1v) is 14.8. The molecular formula is C23H27N3O9P2. The van der Waals surface area contributed by atoms with E-state index < -0.39 is 52.1 Å². The van der Waals surface area contributed by atoms with Crippen molar-refractivity contribution < 1.29 is 43.3 Å². The van der Waals surface area contributed by atoms with Gasteiger partial charge in [-0.3, -0.25) is 9.13 Å². The molecule has 5 atom stereocenters. The highest BCUT2D eigenvalue weighted by molar-refractivity contribution is 7.70. The molecular weight excluding hydrogens is 524 g/mol. The predicted octanol–water partition coefficient (Wildman–Crippen LogP) is 2.38. The number of benzene rings is 2. The van der Waals surface area contributed by atoms with E-state index in [1.165, 1.54) is 6.08 Å². The number of fused-ring (bicyclic) bond motifs is 1. The Morgan fingerprint density at radius 3 is 2.46 bits per heavy atom. The Morgan fingerprint density at radius 2 is 1.78 bits per heavy atom. The lowest BCUT2D eigenvalue weighted by Crippen LogP contribution is -2.33. The van der Waals surface area contributed by atoms with Crippen LogP contribution >= 0.6 is 15.2 Å². The van der Waals surface area contributed by atoms with Crippen LogP contribution in [0.25, 0.3) is 17.0 Å². The van der Waals surface area contributed by atoms with Crippen molar-refractivity contribution in [3.05, 3.63) is 72.1 Å². The number of hydrogen-bond acceptors (Lipinski definition) is 9. The van der Waals surface area contributed by atoms with Gasteiger partial charge in [0, 0.05) is 11.9 Å².